The second kappa shape index (κ2) is 11.5. The molecule has 1 saturated heterocycles. The molecule has 0 N–H and O–H groups in total. The zero-order chi connectivity index (χ0) is 24.8. The van der Waals surface area contributed by atoms with Crippen molar-refractivity contribution in [1.29, 1.82) is 0 Å². The van der Waals surface area contributed by atoms with E-state index in [-0.39, 0.29) is 23.8 Å². The molecular formula is C28H32N2O4S. The molecule has 184 valence electrons. The van der Waals surface area contributed by atoms with E-state index in [1.807, 2.05) is 65.6 Å². The van der Waals surface area contributed by atoms with Crippen molar-refractivity contribution >= 4 is 23.6 Å². The monoisotopic (exact) mass is 492 g/mol. The van der Waals surface area contributed by atoms with Crippen LogP contribution in [0.15, 0.2) is 76.2 Å². The lowest BCUT2D eigenvalue weighted by Crippen LogP contribution is -2.48. The summed E-state index contributed by atoms with van der Waals surface area (Å²) in [6, 6.07) is 19.2. The molecule has 1 unspecified atom stereocenters. The van der Waals surface area contributed by atoms with Crippen LogP contribution in [0.4, 0.5) is 0 Å². The Morgan fingerprint density at radius 1 is 1.11 bits per heavy atom. The summed E-state index contributed by atoms with van der Waals surface area (Å²) in [6.07, 6.45) is 5.91. The number of likely N-dealkylation sites (tertiary alicyclic amines) is 1. The Hall–Kier alpha value is -3.19. The van der Waals surface area contributed by atoms with Gasteiger partial charge in [-0.05, 0) is 85.5 Å². The molecule has 1 aliphatic rings. The van der Waals surface area contributed by atoms with Gasteiger partial charge in [0, 0.05) is 36.6 Å². The molecule has 0 aliphatic carbocycles. The number of thioether (sulfide) groups is 1. The Balaban J connectivity index is 1.48. The Kier molecular flexibility index (Phi) is 8.18. The summed E-state index contributed by atoms with van der Waals surface area (Å²) in [5, 5.41) is 0. The lowest BCUT2D eigenvalue weighted by Gasteiger charge is -2.40. The van der Waals surface area contributed by atoms with Crippen molar-refractivity contribution < 1.29 is 18.7 Å². The SMILES string of the molecule is COc1cccc(CC(C2CCN(C(=O)c3ccc(SC)cc3)CC2)N(C)C(=O)c2ccco2)c1. The van der Waals surface area contributed by atoms with E-state index < -0.39 is 0 Å². The average Bonchev–Trinajstić information content (AvgIpc) is 3.46. The molecule has 0 radical (unpaired) electrons. The van der Waals surface area contributed by atoms with Crippen LogP contribution in [0, 0.1) is 5.92 Å². The Labute approximate surface area is 211 Å². The first kappa shape index (κ1) is 24.9. The van der Waals surface area contributed by atoms with Gasteiger partial charge in [-0.3, -0.25) is 9.59 Å². The van der Waals surface area contributed by atoms with Crippen LogP contribution >= 0.6 is 11.8 Å². The number of furan rings is 1. The molecule has 2 aromatic carbocycles. The number of amides is 2. The zero-order valence-electron chi connectivity index (χ0n) is 20.5. The van der Waals surface area contributed by atoms with Crippen LogP contribution in [0.3, 0.4) is 0 Å². The second-order valence-electron chi connectivity index (χ2n) is 8.87. The highest BCUT2D eigenvalue weighted by Gasteiger charge is 2.34. The maximum atomic E-state index is 13.2. The number of ether oxygens (including phenoxy) is 1. The number of methoxy groups -OCH3 is 1. The van der Waals surface area contributed by atoms with Crippen LogP contribution in [0.25, 0.3) is 0 Å². The van der Waals surface area contributed by atoms with Gasteiger partial charge in [0.25, 0.3) is 11.8 Å². The van der Waals surface area contributed by atoms with Crippen LogP contribution in [-0.4, -0.2) is 61.2 Å². The highest BCUT2D eigenvalue weighted by Crippen LogP contribution is 2.29. The number of piperidine rings is 1. The molecule has 3 aromatic rings. The molecule has 0 bridgehead atoms. The van der Waals surface area contributed by atoms with Gasteiger partial charge >= 0.3 is 0 Å². The van der Waals surface area contributed by atoms with E-state index in [1.54, 1.807) is 31.0 Å². The van der Waals surface area contributed by atoms with Gasteiger partial charge < -0.3 is 19.0 Å². The summed E-state index contributed by atoms with van der Waals surface area (Å²) in [5.41, 5.74) is 1.83. The predicted octanol–water partition coefficient (Wildman–Crippen LogP) is 5.25. The first-order valence-electron chi connectivity index (χ1n) is 11.9. The zero-order valence-corrected chi connectivity index (χ0v) is 21.3. The highest BCUT2D eigenvalue weighted by molar-refractivity contribution is 7.98. The van der Waals surface area contributed by atoms with Crippen LogP contribution in [0.5, 0.6) is 5.75 Å². The Morgan fingerprint density at radius 3 is 2.49 bits per heavy atom. The van der Waals surface area contributed by atoms with Crippen molar-refractivity contribution in [3.05, 3.63) is 83.8 Å². The summed E-state index contributed by atoms with van der Waals surface area (Å²) in [6.45, 7) is 1.34. The number of nitrogens with zero attached hydrogens (tertiary/aromatic N) is 2. The lowest BCUT2D eigenvalue weighted by molar-refractivity contribution is 0.0504. The Morgan fingerprint density at radius 2 is 1.86 bits per heavy atom. The van der Waals surface area contributed by atoms with Crippen LogP contribution in [0.1, 0.15) is 39.3 Å². The normalized spacial score (nSPS) is 15.0. The van der Waals surface area contributed by atoms with Crippen molar-refractivity contribution in [3.63, 3.8) is 0 Å². The number of rotatable bonds is 8. The molecule has 6 nitrogen and oxygen atoms in total. The van der Waals surface area contributed by atoms with Crippen molar-refractivity contribution in [2.24, 2.45) is 5.92 Å². The van der Waals surface area contributed by atoms with Crippen molar-refractivity contribution in [1.82, 2.24) is 9.80 Å². The van der Waals surface area contributed by atoms with Gasteiger partial charge in [0.2, 0.25) is 0 Å². The minimum Gasteiger partial charge on any atom is -0.497 e. The first-order valence-corrected chi connectivity index (χ1v) is 13.1. The average molecular weight is 493 g/mol. The van der Waals surface area contributed by atoms with Crippen molar-refractivity contribution in [2.45, 2.75) is 30.2 Å². The third-order valence-electron chi connectivity index (χ3n) is 6.84. The van der Waals surface area contributed by atoms with Gasteiger partial charge in [0.1, 0.15) is 5.75 Å². The molecule has 2 heterocycles. The van der Waals surface area contributed by atoms with Crippen LogP contribution in [-0.2, 0) is 6.42 Å². The topological polar surface area (TPSA) is 63.0 Å². The summed E-state index contributed by atoms with van der Waals surface area (Å²) in [5.74, 6) is 1.34. The largest absolute Gasteiger partial charge is 0.497 e. The molecule has 1 atom stereocenters. The summed E-state index contributed by atoms with van der Waals surface area (Å²) < 4.78 is 10.8. The molecule has 1 fully saturated rings. The number of benzene rings is 2. The van der Waals surface area contributed by atoms with E-state index in [1.165, 1.54) is 6.26 Å². The summed E-state index contributed by atoms with van der Waals surface area (Å²) in [4.78, 5) is 31.1. The fraction of sp³-hybridized carbons (Fsp3) is 0.357. The van der Waals surface area contributed by atoms with Gasteiger partial charge in [-0.15, -0.1) is 11.8 Å². The van der Waals surface area contributed by atoms with E-state index in [4.69, 9.17) is 9.15 Å². The van der Waals surface area contributed by atoms with E-state index >= 15 is 0 Å². The third kappa shape index (κ3) is 5.90. The Bertz CT molecular complexity index is 1120. The summed E-state index contributed by atoms with van der Waals surface area (Å²) >= 11 is 1.66. The van der Waals surface area contributed by atoms with E-state index in [0.29, 0.717) is 25.3 Å². The van der Waals surface area contributed by atoms with Gasteiger partial charge in [-0.2, -0.15) is 0 Å². The third-order valence-corrected chi connectivity index (χ3v) is 7.58. The maximum absolute atomic E-state index is 13.2. The molecule has 0 saturated carbocycles. The first-order chi connectivity index (χ1) is 17.0. The van der Waals surface area contributed by atoms with Crippen molar-refractivity contribution in [2.75, 3.05) is 33.5 Å². The minimum atomic E-state index is -0.129. The fourth-order valence-electron chi connectivity index (χ4n) is 4.79. The van der Waals surface area contributed by atoms with E-state index in [2.05, 4.69) is 6.07 Å². The number of hydrogen-bond acceptors (Lipinski definition) is 5. The number of hydrogen-bond donors (Lipinski definition) is 0. The van der Waals surface area contributed by atoms with Crippen LogP contribution in [0.2, 0.25) is 0 Å². The van der Waals surface area contributed by atoms with Gasteiger partial charge in [0.05, 0.1) is 13.4 Å². The molecule has 1 aromatic heterocycles. The van der Waals surface area contributed by atoms with Gasteiger partial charge in [-0.1, -0.05) is 12.1 Å². The molecule has 4 rings (SSSR count). The fourth-order valence-corrected chi connectivity index (χ4v) is 5.20. The molecule has 35 heavy (non-hydrogen) atoms. The quantitative estimate of drug-likeness (QED) is 0.402. The van der Waals surface area contributed by atoms with Gasteiger partial charge in [-0.25, -0.2) is 0 Å². The maximum Gasteiger partial charge on any atom is 0.289 e. The number of carbonyl (C=O) groups is 2. The molecule has 7 heteroatoms. The minimum absolute atomic E-state index is 0.0298. The standard InChI is InChI=1S/C28H32N2O4S/c1-29(28(32)26-8-5-17-34-26)25(19-20-6-4-7-23(18-20)33-2)21-13-15-30(16-14-21)27(31)22-9-11-24(35-3)12-10-22/h4-12,17-18,21,25H,13-16,19H2,1-3H3. The lowest BCUT2D eigenvalue weighted by atomic mass is 9.84. The number of likely N-dealkylation sites (N-methyl/N-ethyl adjacent to an activating group) is 1. The summed E-state index contributed by atoms with van der Waals surface area (Å²) in [7, 11) is 3.50. The highest BCUT2D eigenvalue weighted by atomic mass is 32.2. The molecule has 0 spiro atoms. The molecule has 1 aliphatic heterocycles. The van der Waals surface area contributed by atoms with Crippen LogP contribution < -0.4 is 4.74 Å². The number of carbonyl (C=O) groups excluding carboxylic acids is 2. The smallest absolute Gasteiger partial charge is 0.289 e. The van der Waals surface area contributed by atoms with E-state index in [0.717, 1.165) is 34.6 Å². The van der Waals surface area contributed by atoms with Crippen molar-refractivity contribution in [3.8, 4) is 5.75 Å². The van der Waals surface area contributed by atoms with Gasteiger partial charge in [0.15, 0.2) is 5.76 Å². The van der Waals surface area contributed by atoms with E-state index in [9.17, 15) is 9.59 Å². The molecular weight excluding hydrogens is 460 g/mol. The second-order valence-corrected chi connectivity index (χ2v) is 9.75. The molecule has 2 amide bonds. The predicted molar refractivity (Wildman–Crippen MR) is 138 cm³/mol.